The summed E-state index contributed by atoms with van der Waals surface area (Å²) in [6.07, 6.45) is 1.40. The maximum Gasteiger partial charge on any atom is 0.303 e. The van der Waals surface area contributed by atoms with Crippen molar-refractivity contribution in [3.05, 3.63) is 62.4 Å². The summed E-state index contributed by atoms with van der Waals surface area (Å²) in [4.78, 5) is 44.8. The van der Waals surface area contributed by atoms with Crippen LogP contribution in [0, 0.1) is 6.92 Å². The molecular weight excluding hydrogens is 472 g/mol. The van der Waals surface area contributed by atoms with Crippen molar-refractivity contribution in [2.24, 2.45) is 0 Å². The monoisotopic (exact) mass is 492 g/mol. The summed E-state index contributed by atoms with van der Waals surface area (Å²) in [5, 5.41) is 11.5. The lowest BCUT2D eigenvalue weighted by Gasteiger charge is -2.12. The van der Waals surface area contributed by atoms with Crippen LogP contribution in [-0.2, 0) is 16.1 Å². The highest BCUT2D eigenvalue weighted by atomic mass is 79.9. The molecule has 1 heterocycles. The van der Waals surface area contributed by atoms with Crippen LogP contribution in [0.2, 0.25) is 0 Å². The second-order valence-corrected chi connectivity index (χ2v) is 8.34. The molecule has 0 aliphatic heterocycles. The summed E-state index contributed by atoms with van der Waals surface area (Å²) in [6, 6.07) is 6.85. The Morgan fingerprint density at radius 2 is 2.00 bits per heavy atom. The highest BCUT2D eigenvalue weighted by molar-refractivity contribution is 9.10. The first-order valence-electron chi connectivity index (χ1n) is 8.93. The third kappa shape index (κ3) is 6.96. The molecule has 2 rings (SSSR count). The number of thioether (sulfide) groups is 1. The number of carboxylic acid groups (broad SMARTS) is 1. The Morgan fingerprint density at radius 1 is 1.27 bits per heavy atom. The number of nitrogen functional groups attached to an aromatic ring is 1. The van der Waals surface area contributed by atoms with E-state index in [9.17, 15) is 14.4 Å². The van der Waals surface area contributed by atoms with E-state index in [1.165, 1.54) is 6.20 Å². The van der Waals surface area contributed by atoms with E-state index in [0.29, 0.717) is 21.9 Å². The second-order valence-electron chi connectivity index (χ2n) is 6.35. The fourth-order valence-electron chi connectivity index (χ4n) is 2.41. The molecule has 1 aromatic heterocycles. The maximum atomic E-state index is 12.6. The summed E-state index contributed by atoms with van der Waals surface area (Å²) in [5.74, 6) is -0.641. The SMILES string of the molecule is C/C(C(=O)NCc1cnc(C)nc1N)=C(\CCC(=O)O)SC(=O)c1cccc(Br)c1. The number of carbonyl (C=O) groups is 3. The zero-order valence-electron chi connectivity index (χ0n) is 16.4. The number of nitrogens with zero attached hydrogens (tertiary/aromatic N) is 2. The smallest absolute Gasteiger partial charge is 0.303 e. The van der Waals surface area contributed by atoms with Crippen molar-refractivity contribution in [3.63, 3.8) is 0 Å². The fourth-order valence-corrected chi connectivity index (χ4v) is 3.72. The third-order valence-electron chi connectivity index (χ3n) is 4.06. The number of carbonyl (C=O) groups excluding carboxylic acids is 2. The first-order valence-corrected chi connectivity index (χ1v) is 10.5. The average molecular weight is 493 g/mol. The number of hydrogen-bond acceptors (Lipinski definition) is 7. The Balaban J connectivity index is 2.18. The van der Waals surface area contributed by atoms with Gasteiger partial charge in [0.15, 0.2) is 0 Å². The van der Waals surface area contributed by atoms with Gasteiger partial charge in [0.1, 0.15) is 11.6 Å². The first-order chi connectivity index (χ1) is 14.2. The Bertz CT molecular complexity index is 1010. The van der Waals surface area contributed by atoms with Crippen LogP contribution >= 0.6 is 27.7 Å². The molecule has 10 heteroatoms. The molecule has 0 aliphatic carbocycles. The summed E-state index contributed by atoms with van der Waals surface area (Å²) < 4.78 is 0.748. The van der Waals surface area contributed by atoms with Gasteiger partial charge in [-0.25, -0.2) is 9.97 Å². The number of anilines is 1. The van der Waals surface area contributed by atoms with Crippen LogP contribution in [0.1, 0.15) is 41.5 Å². The van der Waals surface area contributed by atoms with E-state index >= 15 is 0 Å². The van der Waals surface area contributed by atoms with Gasteiger partial charge in [0.2, 0.25) is 11.0 Å². The number of aromatic nitrogens is 2. The van der Waals surface area contributed by atoms with E-state index in [2.05, 4.69) is 31.2 Å². The standard InChI is InChI=1S/C20H21BrN4O4S/c1-11(19(28)24-10-14-9-23-12(2)25-18(14)22)16(6-7-17(26)27)30-20(29)13-4-3-5-15(21)8-13/h3-5,8-9H,6-7,10H2,1-2H3,(H,24,28)(H,26,27)(H2,22,23,25)/b16-11-. The minimum atomic E-state index is -1.01. The van der Waals surface area contributed by atoms with Crippen molar-refractivity contribution in [1.29, 1.82) is 0 Å². The molecule has 4 N–H and O–H groups in total. The largest absolute Gasteiger partial charge is 0.481 e. The lowest BCUT2D eigenvalue weighted by Crippen LogP contribution is -2.25. The molecule has 0 aliphatic rings. The molecule has 158 valence electrons. The van der Waals surface area contributed by atoms with Gasteiger partial charge in [-0.1, -0.05) is 39.8 Å². The Kier molecular flexibility index (Phi) is 8.55. The van der Waals surface area contributed by atoms with Crippen molar-refractivity contribution in [3.8, 4) is 0 Å². The van der Waals surface area contributed by atoms with Gasteiger partial charge in [0.05, 0.1) is 0 Å². The van der Waals surface area contributed by atoms with Crippen molar-refractivity contribution in [1.82, 2.24) is 15.3 Å². The predicted octanol–water partition coefficient (Wildman–Crippen LogP) is 3.46. The minimum absolute atomic E-state index is 0.0643. The highest BCUT2D eigenvalue weighted by Gasteiger charge is 2.18. The molecule has 1 amide bonds. The van der Waals surface area contributed by atoms with Crippen molar-refractivity contribution >= 4 is 50.5 Å². The van der Waals surface area contributed by atoms with E-state index in [1.807, 2.05) is 0 Å². The van der Waals surface area contributed by atoms with E-state index in [0.717, 1.165) is 16.2 Å². The number of aliphatic carboxylic acids is 1. The van der Waals surface area contributed by atoms with Gasteiger partial charge in [0, 0.05) is 45.2 Å². The lowest BCUT2D eigenvalue weighted by molar-refractivity contribution is -0.137. The van der Waals surface area contributed by atoms with Crippen LogP contribution in [-0.4, -0.2) is 32.1 Å². The Hall–Kier alpha value is -2.72. The number of aryl methyl sites for hydroxylation is 1. The molecule has 1 aromatic carbocycles. The topological polar surface area (TPSA) is 135 Å². The number of rotatable bonds is 8. The summed E-state index contributed by atoms with van der Waals surface area (Å²) in [7, 11) is 0. The number of amides is 1. The Morgan fingerprint density at radius 3 is 2.63 bits per heavy atom. The van der Waals surface area contributed by atoms with Crippen molar-refractivity contribution in [2.45, 2.75) is 33.2 Å². The zero-order chi connectivity index (χ0) is 22.3. The normalized spacial score (nSPS) is 11.6. The van der Waals surface area contributed by atoms with E-state index in [1.54, 1.807) is 38.1 Å². The summed E-state index contributed by atoms with van der Waals surface area (Å²) in [6.45, 7) is 3.38. The predicted molar refractivity (Wildman–Crippen MR) is 119 cm³/mol. The number of halogens is 1. The van der Waals surface area contributed by atoms with Crippen LogP contribution in [0.3, 0.4) is 0 Å². The van der Waals surface area contributed by atoms with Crippen LogP contribution in [0.15, 0.2) is 45.4 Å². The van der Waals surface area contributed by atoms with Gasteiger partial charge in [-0.2, -0.15) is 0 Å². The molecule has 0 saturated heterocycles. The van der Waals surface area contributed by atoms with Gasteiger partial charge in [-0.05, 0) is 32.4 Å². The van der Waals surface area contributed by atoms with Crippen LogP contribution in [0.4, 0.5) is 5.82 Å². The molecule has 0 unspecified atom stereocenters. The zero-order valence-corrected chi connectivity index (χ0v) is 18.8. The third-order valence-corrected chi connectivity index (χ3v) is 5.73. The number of nitrogens with two attached hydrogens (primary N) is 1. The van der Waals surface area contributed by atoms with E-state index in [4.69, 9.17) is 10.8 Å². The number of benzene rings is 1. The van der Waals surface area contributed by atoms with Crippen molar-refractivity contribution < 1.29 is 19.5 Å². The summed E-state index contributed by atoms with van der Waals surface area (Å²) in [5.41, 5.74) is 7.12. The van der Waals surface area contributed by atoms with Gasteiger partial charge in [-0.15, -0.1) is 0 Å². The first kappa shape index (κ1) is 23.6. The van der Waals surface area contributed by atoms with Gasteiger partial charge >= 0.3 is 5.97 Å². The van der Waals surface area contributed by atoms with Crippen LogP contribution < -0.4 is 11.1 Å². The molecule has 8 nitrogen and oxygen atoms in total. The van der Waals surface area contributed by atoms with Crippen LogP contribution in [0.25, 0.3) is 0 Å². The molecule has 0 saturated carbocycles. The van der Waals surface area contributed by atoms with Gasteiger partial charge in [-0.3, -0.25) is 14.4 Å². The molecule has 0 fully saturated rings. The number of allylic oxidation sites excluding steroid dienone is 1. The fraction of sp³-hybridized carbons (Fsp3) is 0.250. The van der Waals surface area contributed by atoms with Gasteiger partial charge < -0.3 is 16.2 Å². The number of carboxylic acids is 1. The quantitative estimate of drug-likeness (QED) is 0.476. The van der Waals surface area contributed by atoms with Gasteiger partial charge in [0.25, 0.3) is 0 Å². The van der Waals surface area contributed by atoms with E-state index < -0.39 is 11.9 Å². The molecule has 30 heavy (non-hydrogen) atoms. The lowest BCUT2D eigenvalue weighted by atomic mass is 10.2. The summed E-state index contributed by atoms with van der Waals surface area (Å²) >= 11 is 4.17. The van der Waals surface area contributed by atoms with Crippen molar-refractivity contribution in [2.75, 3.05) is 5.73 Å². The second kappa shape index (κ2) is 10.9. The number of nitrogens with one attached hydrogen (secondary N) is 1. The maximum absolute atomic E-state index is 12.6. The molecule has 2 aromatic rings. The minimum Gasteiger partial charge on any atom is -0.481 e. The van der Waals surface area contributed by atoms with Crippen LogP contribution in [0.5, 0.6) is 0 Å². The molecule has 0 bridgehead atoms. The molecule has 0 atom stereocenters. The molecule has 0 spiro atoms. The molecule has 0 radical (unpaired) electrons. The molecular formula is C20H21BrN4O4S. The Labute approximate surface area is 186 Å². The highest BCUT2D eigenvalue weighted by Crippen LogP contribution is 2.29. The number of hydrogen-bond donors (Lipinski definition) is 3. The van der Waals surface area contributed by atoms with E-state index in [-0.39, 0.29) is 35.9 Å². The average Bonchev–Trinajstić information content (AvgIpc) is 2.69.